The molecular weight excluding hydrogens is 180 g/mol. The van der Waals surface area contributed by atoms with Gasteiger partial charge in [0.1, 0.15) is 0 Å². The van der Waals surface area contributed by atoms with Gasteiger partial charge >= 0.3 is 0 Å². The zero-order valence-corrected chi connectivity index (χ0v) is 10.00. The van der Waals surface area contributed by atoms with Crippen molar-refractivity contribution in [3.63, 3.8) is 0 Å². The molecule has 0 saturated heterocycles. The Kier molecular flexibility index (Phi) is 5.84. The van der Waals surface area contributed by atoms with Crippen molar-refractivity contribution in [3.05, 3.63) is 41.5 Å². The topological polar surface area (TPSA) is 0 Å². The highest BCUT2D eigenvalue weighted by Crippen LogP contribution is 2.11. The first-order valence-electron chi connectivity index (χ1n) is 6.08. The summed E-state index contributed by atoms with van der Waals surface area (Å²) in [5.74, 6) is 0. The maximum atomic E-state index is 2.30. The molecule has 0 aliphatic rings. The number of rotatable bonds is 6. The number of unbranched alkanes of at least 4 members (excludes halogenated alkanes) is 3. The van der Waals surface area contributed by atoms with E-state index in [1.165, 1.54) is 43.2 Å². The molecule has 0 heteroatoms. The van der Waals surface area contributed by atoms with Crippen LogP contribution in [0.15, 0.2) is 30.3 Å². The van der Waals surface area contributed by atoms with Gasteiger partial charge in [-0.05, 0) is 30.9 Å². The van der Waals surface area contributed by atoms with Crippen LogP contribution in [0.4, 0.5) is 0 Å². The zero-order valence-electron chi connectivity index (χ0n) is 10.00. The van der Waals surface area contributed by atoms with E-state index in [1.807, 2.05) is 0 Å². The maximum absolute atomic E-state index is 2.30. The van der Waals surface area contributed by atoms with Crippen LogP contribution in [-0.4, -0.2) is 0 Å². The van der Waals surface area contributed by atoms with Crippen LogP contribution < -0.4 is 0 Å². The molecule has 0 spiro atoms. The minimum atomic E-state index is 1.23. The van der Waals surface area contributed by atoms with Crippen molar-refractivity contribution in [3.8, 4) is 0 Å². The maximum Gasteiger partial charge on any atom is -0.0257 e. The average molecular weight is 202 g/mol. The molecule has 0 fully saturated rings. The highest BCUT2D eigenvalue weighted by atomic mass is 14.0. The molecule has 0 N–H and O–H groups in total. The summed E-state index contributed by atoms with van der Waals surface area (Å²) < 4.78 is 0. The van der Waals surface area contributed by atoms with E-state index in [4.69, 9.17) is 0 Å². The third-order valence-corrected chi connectivity index (χ3v) is 2.63. The smallest absolute Gasteiger partial charge is 0.0257 e. The summed E-state index contributed by atoms with van der Waals surface area (Å²) in [5, 5.41) is 0. The minimum absolute atomic E-state index is 1.23. The van der Waals surface area contributed by atoms with Gasteiger partial charge in [-0.15, -0.1) is 0 Å². The van der Waals surface area contributed by atoms with E-state index in [9.17, 15) is 0 Å². The third-order valence-electron chi connectivity index (χ3n) is 2.63. The minimum Gasteiger partial charge on any atom is -0.0871 e. The molecule has 0 aliphatic heterocycles. The first kappa shape index (κ1) is 12.0. The highest BCUT2D eigenvalue weighted by molar-refractivity contribution is 5.49. The summed E-state index contributed by atoms with van der Waals surface area (Å²) in [6, 6.07) is 8.85. The summed E-state index contributed by atoms with van der Waals surface area (Å²) >= 11 is 0. The largest absolute Gasteiger partial charge is 0.0871 e. The van der Waals surface area contributed by atoms with Gasteiger partial charge in [0.2, 0.25) is 0 Å². The summed E-state index contributed by atoms with van der Waals surface area (Å²) in [4.78, 5) is 0. The molecule has 0 radical (unpaired) electrons. The Hall–Kier alpha value is -1.04. The summed E-state index contributed by atoms with van der Waals surface area (Å²) in [6.45, 7) is 4.32. The molecular formula is C15H22. The zero-order chi connectivity index (χ0) is 10.9. The fraction of sp³-hybridized carbons (Fsp3) is 0.467. The molecule has 0 aromatic heterocycles. The van der Waals surface area contributed by atoms with Gasteiger partial charge in [0, 0.05) is 0 Å². The van der Waals surface area contributed by atoms with Crippen LogP contribution in [-0.2, 0) is 6.42 Å². The molecule has 0 amide bonds. The molecule has 1 aromatic carbocycles. The van der Waals surface area contributed by atoms with Crippen LogP contribution in [0.1, 0.15) is 50.7 Å². The lowest BCUT2D eigenvalue weighted by atomic mass is 10.0. The molecule has 0 heterocycles. The molecule has 0 nitrogen and oxygen atoms in total. The highest BCUT2D eigenvalue weighted by Gasteiger charge is 1.94. The fourth-order valence-electron chi connectivity index (χ4n) is 1.80. The summed E-state index contributed by atoms with van der Waals surface area (Å²) in [5.41, 5.74) is 2.80. The Labute approximate surface area is 94.0 Å². The van der Waals surface area contributed by atoms with Crippen LogP contribution in [0.2, 0.25) is 0 Å². The van der Waals surface area contributed by atoms with Crippen LogP contribution in [0.5, 0.6) is 0 Å². The van der Waals surface area contributed by atoms with E-state index in [0.29, 0.717) is 0 Å². The molecule has 0 unspecified atom stereocenters. The lowest BCUT2D eigenvalue weighted by Crippen LogP contribution is -1.86. The van der Waals surface area contributed by atoms with Crippen molar-refractivity contribution in [1.82, 2.24) is 0 Å². The van der Waals surface area contributed by atoms with Crippen LogP contribution in [0, 0.1) is 0 Å². The average Bonchev–Trinajstić information content (AvgIpc) is 2.26. The summed E-state index contributed by atoms with van der Waals surface area (Å²) in [7, 11) is 0. The van der Waals surface area contributed by atoms with Gasteiger partial charge < -0.3 is 0 Å². The predicted molar refractivity (Wildman–Crippen MR) is 69.0 cm³/mol. The van der Waals surface area contributed by atoms with Crippen molar-refractivity contribution in [2.45, 2.75) is 46.0 Å². The number of hydrogen-bond acceptors (Lipinski definition) is 0. The quantitative estimate of drug-likeness (QED) is 0.579. The predicted octanol–water partition coefficient (Wildman–Crippen LogP) is 4.84. The second-order valence-electron chi connectivity index (χ2n) is 4.06. The van der Waals surface area contributed by atoms with Gasteiger partial charge in [-0.2, -0.15) is 0 Å². The van der Waals surface area contributed by atoms with Gasteiger partial charge in [0.15, 0.2) is 0 Å². The van der Waals surface area contributed by atoms with Crippen molar-refractivity contribution >= 4 is 6.08 Å². The van der Waals surface area contributed by atoms with E-state index >= 15 is 0 Å². The first-order chi connectivity index (χ1) is 7.36. The van der Waals surface area contributed by atoms with Crippen molar-refractivity contribution in [2.75, 3.05) is 0 Å². The van der Waals surface area contributed by atoms with Gasteiger partial charge in [0.05, 0.1) is 0 Å². The lowest BCUT2D eigenvalue weighted by Gasteiger charge is -2.02. The molecule has 0 aliphatic carbocycles. The molecule has 1 aromatic rings. The Morgan fingerprint density at radius 1 is 1.13 bits per heavy atom. The van der Waals surface area contributed by atoms with Crippen molar-refractivity contribution < 1.29 is 0 Å². The molecule has 15 heavy (non-hydrogen) atoms. The van der Waals surface area contributed by atoms with E-state index in [2.05, 4.69) is 50.3 Å². The van der Waals surface area contributed by atoms with Crippen LogP contribution in [0.25, 0.3) is 6.08 Å². The Balaban J connectivity index is 2.43. The Morgan fingerprint density at radius 3 is 2.73 bits per heavy atom. The standard InChI is InChI=1S/C15H22/c1-3-5-6-7-10-15-12-8-11-14(13-15)9-4-2/h4,8-9,11-13H,3,5-7,10H2,1-2H3/b9-4-. The molecule has 0 bridgehead atoms. The van der Waals surface area contributed by atoms with Crippen molar-refractivity contribution in [1.29, 1.82) is 0 Å². The van der Waals surface area contributed by atoms with E-state index in [1.54, 1.807) is 0 Å². The second kappa shape index (κ2) is 7.28. The van der Waals surface area contributed by atoms with Crippen molar-refractivity contribution in [2.24, 2.45) is 0 Å². The Bertz CT molecular complexity index is 297. The van der Waals surface area contributed by atoms with Crippen LogP contribution >= 0.6 is 0 Å². The third kappa shape index (κ3) is 4.83. The molecule has 82 valence electrons. The number of benzene rings is 1. The van der Waals surface area contributed by atoms with Crippen LogP contribution in [0.3, 0.4) is 0 Å². The van der Waals surface area contributed by atoms with Gasteiger partial charge in [0.25, 0.3) is 0 Å². The van der Waals surface area contributed by atoms with Gasteiger partial charge in [-0.1, -0.05) is 62.6 Å². The Morgan fingerprint density at radius 2 is 2.00 bits per heavy atom. The first-order valence-corrected chi connectivity index (χ1v) is 6.08. The fourth-order valence-corrected chi connectivity index (χ4v) is 1.80. The number of allylic oxidation sites excluding steroid dienone is 1. The monoisotopic (exact) mass is 202 g/mol. The SMILES string of the molecule is C/C=C\c1cccc(CCCCCC)c1. The van der Waals surface area contributed by atoms with Gasteiger partial charge in [-0.25, -0.2) is 0 Å². The molecule has 1 rings (SSSR count). The van der Waals surface area contributed by atoms with E-state index in [0.717, 1.165) is 0 Å². The number of aryl methyl sites for hydroxylation is 1. The number of hydrogen-bond donors (Lipinski definition) is 0. The normalized spacial score (nSPS) is 11.1. The molecule has 0 atom stereocenters. The molecule has 0 saturated carbocycles. The second-order valence-corrected chi connectivity index (χ2v) is 4.06. The van der Waals surface area contributed by atoms with E-state index in [-0.39, 0.29) is 0 Å². The van der Waals surface area contributed by atoms with Gasteiger partial charge in [-0.3, -0.25) is 0 Å². The van der Waals surface area contributed by atoms with E-state index < -0.39 is 0 Å². The lowest BCUT2D eigenvalue weighted by molar-refractivity contribution is 0.667. The summed E-state index contributed by atoms with van der Waals surface area (Å²) in [6.07, 6.45) is 10.9.